The van der Waals surface area contributed by atoms with Crippen LogP contribution in [0.3, 0.4) is 0 Å². The number of morpholine rings is 1. The third kappa shape index (κ3) is 4.73. The maximum absolute atomic E-state index is 5.49. The smallest absolute Gasteiger partial charge is 0.191 e. The number of guanidine groups is 1. The first-order valence-electron chi connectivity index (χ1n) is 9.86. The summed E-state index contributed by atoms with van der Waals surface area (Å²) in [5.74, 6) is 3.50. The SMILES string of the molecule is CN=C(NCc1nnc2n1CCCC2)NCC(C(C)C)N1CCOCC1. The van der Waals surface area contributed by atoms with Crippen molar-refractivity contribution in [3.05, 3.63) is 11.6 Å². The number of nitrogens with one attached hydrogen (secondary N) is 2. The maximum Gasteiger partial charge on any atom is 0.191 e. The molecule has 0 radical (unpaired) electrons. The summed E-state index contributed by atoms with van der Waals surface area (Å²) in [5.41, 5.74) is 0. The molecule has 0 bridgehead atoms. The van der Waals surface area contributed by atoms with Crippen LogP contribution in [0.2, 0.25) is 0 Å². The van der Waals surface area contributed by atoms with Crippen molar-refractivity contribution in [3.8, 4) is 0 Å². The van der Waals surface area contributed by atoms with Gasteiger partial charge in [-0.2, -0.15) is 0 Å². The van der Waals surface area contributed by atoms with Gasteiger partial charge < -0.3 is 19.9 Å². The highest BCUT2D eigenvalue weighted by Gasteiger charge is 2.24. The number of ether oxygens (including phenoxy) is 1. The number of aryl methyl sites for hydroxylation is 1. The van der Waals surface area contributed by atoms with Crippen LogP contribution < -0.4 is 10.6 Å². The Balaban J connectivity index is 1.51. The zero-order chi connectivity index (χ0) is 18.4. The Morgan fingerprint density at radius 1 is 1.15 bits per heavy atom. The first-order valence-corrected chi connectivity index (χ1v) is 9.86. The predicted octanol–water partition coefficient (Wildman–Crippen LogP) is 0.636. The van der Waals surface area contributed by atoms with Crippen molar-refractivity contribution >= 4 is 5.96 Å². The topological polar surface area (TPSA) is 79.6 Å². The van der Waals surface area contributed by atoms with Crippen LogP contribution in [0.1, 0.15) is 38.3 Å². The predicted molar refractivity (Wildman–Crippen MR) is 102 cm³/mol. The lowest BCUT2D eigenvalue weighted by molar-refractivity contribution is 0.00752. The van der Waals surface area contributed by atoms with Crippen molar-refractivity contribution in [2.24, 2.45) is 10.9 Å². The van der Waals surface area contributed by atoms with Crippen LogP contribution in [0, 0.1) is 5.92 Å². The van der Waals surface area contributed by atoms with Gasteiger partial charge in [0.05, 0.1) is 19.8 Å². The number of fused-ring (bicyclic) bond motifs is 1. The fourth-order valence-corrected chi connectivity index (χ4v) is 3.78. The molecular formula is C18H33N7O. The highest BCUT2D eigenvalue weighted by molar-refractivity contribution is 5.79. The van der Waals surface area contributed by atoms with Crippen molar-refractivity contribution in [2.45, 2.75) is 52.2 Å². The highest BCUT2D eigenvalue weighted by atomic mass is 16.5. The summed E-state index contributed by atoms with van der Waals surface area (Å²) < 4.78 is 7.73. The molecular weight excluding hydrogens is 330 g/mol. The number of hydrogen-bond donors (Lipinski definition) is 2. The van der Waals surface area contributed by atoms with E-state index in [-0.39, 0.29) is 0 Å². The van der Waals surface area contributed by atoms with E-state index in [1.54, 1.807) is 0 Å². The quantitative estimate of drug-likeness (QED) is 0.570. The zero-order valence-electron chi connectivity index (χ0n) is 16.4. The molecule has 1 saturated heterocycles. The average molecular weight is 364 g/mol. The Labute approximate surface area is 156 Å². The first-order chi connectivity index (χ1) is 12.7. The van der Waals surface area contributed by atoms with Gasteiger partial charge in [-0.1, -0.05) is 13.8 Å². The average Bonchev–Trinajstić information content (AvgIpc) is 3.08. The Morgan fingerprint density at radius 2 is 1.96 bits per heavy atom. The molecule has 0 amide bonds. The van der Waals surface area contributed by atoms with E-state index >= 15 is 0 Å². The number of aromatic nitrogens is 3. The minimum Gasteiger partial charge on any atom is -0.379 e. The van der Waals surface area contributed by atoms with Crippen LogP contribution in [0.15, 0.2) is 4.99 Å². The highest BCUT2D eigenvalue weighted by Crippen LogP contribution is 2.14. The van der Waals surface area contributed by atoms with Crippen LogP contribution >= 0.6 is 0 Å². The third-order valence-corrected chi connectivity index (χ3v) is 5.34. The standard InChI is InChI=1S/C18H33N7O/c1-14(2)15(24-8-10-26-11-9-24)12-20-18(19-3)21-13-17-23-22-16-6-4-5-7-25(16)17/h14-15H,4-13H2,1-3H3,(H2,19,20,21). The molecule has 26 heavy (non-hydrogen) atoms. The minimum atomic E-state index is 0.471. The second-order valence-electron chi connectivity index (χ2n) is 7.41. The summed E-state index contributed by atoms with van der Waals surface area (Å²) in [6.07, 6.45) is 3.46. The lowest BCUT2D eigenvalue weighted by atomic mass is 10.0. The summed E-state index contributed by atoms with van der Waals surface area (Å²) in [7, 11) is 1.81. The molecule has 0 spiro atoms. The van der Waals surface area contributed by atoms with Crippen LogP contribution in [-0.4, -0.2) is 71.6 Å². The monoisotopic (exact) mass is 363 g/mol. The molecule has 0 saturated carbocycles. The van der Waals surface area contributed by atoms with E-state index in [1.165, 1.54) is 12.8 Å². The van der Waals surface area contributed by atoms with Crippen molar-refractivity contribution in [1.82, 2.24) is 30.3 Å². The first kappa shape index (κ1) is 19.1. The van der Waals surface area contributed by atoms with Gasteiger partial charge in [0, 0.05) is 45.7 Å². The van der Waals surface area contributed by atoms with E-state index in [9.17, 15) is 0 Å². The van der Waals surface area contributed by atoms with Crippen molar-refractivity contribution in [2.75, 3.05) is 39.9 Å². The van der Waals surface area contributed by atoms with Gasteiger partial charge in [-0.05, 0) is 18.8 Å². The van der Waals surface area contributed by atoms with E-state index < -0.39 is 0 Å². The summed E-state index contributed by atoms with van der Waals surface area (Å²) in [6.45, 7) is 10.8. The Kier molecular flexibility index (Phi) is 6.85. The van der Waals surface area contributed by atoms with E-state index in [4.69, 9.17) is 4.74 Å². The second-order valence-corrected chi connectivity index (χ2v) is 7.41. The normalized spacial score (nSPS) is 20.1. The molecule has 3 heterocycles. The van der Waals surface area contributed by atoms with E-state index in [0.29, 0.717) is 18.5 Å². The van der Waals surface area contributed by atoms with E-state index in [0.717, 1.165) is 63.4 Å². The molecule has 2 aliphatic rings. The maximum atomic E-state index is 5.49. The number of hydrogen-bond acceptors (Lipinski definition) is 5. The van der Waals surface area contributed by atoms with Crippen molar-refractivity contribution < 1.29 is 4.74 Å². The molecule has 146 valence electrons. The molecule has 8 nitrogen and oxygen atoms in total. The van der Waals surface area contributed by atoms with Crippen LogP contribution in [-0.2, 0) is 24.2 Å². The molecule has 1 aromatic heterocycles. The molecule has 1 unspecified atom stereocenters. The van der Waals surface area contributed by atoms with Gasteiger partial charge >= 0.3 is 0 Å². The van der Waals surface area contributed by atoms with Gasteiger partial charge in [0.1, 0.15) is 5.82 Å². The van der Waals surface area contributed by atoms with Crippen LogP contribution in [0.5, 0.6) is 0 Å². The summed E-state index contributed by atoms with van der Waals surface area (Å²) in [4.78, 5) is 6.89. The van der Waals surface area contributed by atoms with Gasteiger partial charge in [-0.15, -0.1) is 10.2 Å². The largest absolute Gasteiger partial charge is 0.379 e. The van der Waals surface area contributed by atoms with Gasteiger partial charge in [-0.3, -0.25) is 9.89 Å². The lowest BCUT2D eigenvalue weighted by Gasteiger charge is -2.37. The van der Waals surface area contributed by atoms with E-state index in [1.807, 2.05) is 7.05 Å². The Morgan fingerprint density at radius 3 is 2.69 bits per heavy atom. The van der Waals surface area contributed by atoms with E-state index in [2.05, 4.69) is 49.1 Å². The number of rotatable bonds is 6. The number of nitrogens with zero attached hydrogens (tertiary/aromatic N) is 5. The minimum absolute atomic E-state index is 0.471. The van der Waals surface area contributed by atoms with Crippen molar-refractivity contribution in [3.63, 3.8) is 0 Å². The fourth-order valence-electron chi connectivity index (χ4n) is 3.78. The number of aliphatic imine (C=N–C) groups is 1. The summed E-state index contributed by atoms with van der Waals surface area (Å²) in [5, 5.41) is 15.5. The molecule has 0 aliphatic carbocycles. The van der Waals surface area contributed by atoms with Crippen LogP contribution in [0.25, 0.3) is 0 Å². The molecule has 2 N–H and O–H groups in total. The molecule has 3 rings (SSSR count). The summed E-state index contributed by atoms with van der Waals surface area (Å²) in [6, 6.07) is 0.471. The third-order valence-electron chi connectivity index (χ3n) is 5.34. The molecule has 1 atom stereocenters. The molecule has 8 heteroatoms. The molecule has 0 aromatic carbocycles. The van der Waals surface area contributed by atoms with Crippen LogP contribution in [0.4, 0.5) is 0 Å². The Hall–Kier alpha value is -1.67. The zero-order valence-corrected chi connectivity index (χ0v) is 16.4. The van der Waals surface area contributed by atoms with Gasteiger partial charge in [-0.25, -0.2) is 0 Å². The fraction of sp³-hybridized carbons (Fsp3) is 0.833. The second kappa shape index (κ2) is 9.32. The lowest BCUT2D eigenvalue weighted by Crippen LogP contribution is -2.52. The molecule has 1 fully saturated rings. The molecule has 1 aromatic rings. The Bertz CT molecular complexity index is 592. The van der Waals surface area contributed by atoms with Gasteiger partial charge in [0.2, 0.25) is 0 Å². The molecule has 2 aliphatic heterocycles. The van der Waals surface area contributed by atoms with Gasteiger partial charge in [0.25, 0.3) is 0 Å². The van der Waals surface area contributed by atoms with Gasteiger partial charge in [0.15, 0.2) is 11.8 Å². The summed E-state index contributed by atoms with van der Waals surface area (Å²) >= 11 is 0. The van der Waals surface area contributed by atoms with Crippen molar-refractivity contribution in [1.29, 1.82) is 0 Å².